The molecule has 5 nitrogen and oxygen atoms in total. The summed E-state index contributed by atoms with van der Waals surface area (Å²) in [6, 6.07) is 1.23. The van der Waals surface area contributed by atoms with Crippen molar-refractivity contribution in [2.45, 2.75) is 6.42 Å². The maximum absolute atomic E-state index is 13.1. The number of nitrogens with zero attached hydrogens (tertiary/aromatic N) is 3. The van der Waals surface area contributed by atoms with Gasteiger partial charge in [0.25, 0.3) is 5.91 Å². The molecular weight excluding hydrogens is 247 g/mol. The Morgan fingerprint density at radius 2 is 2.16 bits per heavy atom. The van der Waals surface area contributed by atoms with Crippen LogP contribution in [0.1, 0.15) is 16.8 Å². The molecule has 1 aromatic heterocycles. The van der Waals surface area contributed by atoms with Crippen molar-refractivity contribution in [1.29, 1.82) is 0 Å². The zero-order chi connectivity index (χ0) is 13.7. The maximum atomic E-state index is 13.1. The van der Waals surface area contributed by atoms with Crippen LogP contribution in [0.5, 0.6) is 0 Å². The van der Waals surface area contributed by atoms with Crippen LogP contribution in [0.15, 0.2) is 18.5 Å². The van der Waals surface area contributed by atoms with E-state index in [0.29, 0.717) is 25.2 Å². The molecule has 0 unspecified atom stereocenters. The highest BCUT2D eigenvalue weighted by Crippen LogP contribution is 2.09. The molecule has 1 aliphatic rings. The summed E-state index contributed by atoms with van der Waals surface area (Å²) in [6.45, 7) is 4.57. The lowest BCUT2D eigenvalue weighted by Gasteiger charge is -2.21. The summed E-state index contributed by atoms with van der Waals surface area (Å²) in [5.41, 5.74) is 5.85. The molecule has 1 amide bonds. The number of amides is 1. The van der Waals surface area contributed by atoms with E-state index in [-0.39, 0.29) is 5.91 Å². The zero-order valence-electron chi connectivity index (χ0n) is 10.9. The lowest BCUT2D eigenvalue weighted by molar-refractivity contribution is 0.0760. The van der Waals surface area contributed by atoms with E-state index in [9.17, 15) is 9.18 Å². The Hall–Kier alpha value is -1.53. The van der Waals surface area contributed by atoms with Crippen LogP contribution >= 0.6 is 0 Å². The second-order valence-electron chi connectivity index (χ2n) is 4.67. The van der Waals surface area contributed by atoms with E-state index in [0.717, 1.165) is 32.3 Å². The Kier molecular flexibility index (Phi) is 4.81. The van der Waals surface area contributed by atoms with Crippen molar-refractivity contribution in [2.75, 3.05) is 39.3 Å². The Morgan fingerprint density at radius 3 is 2.89 bits per heavy atom. The average Bonchev–Trinajstić information content (AvgIpc) is 2.64. The first-order chi connectivity index (χ1) is 9.20. The molecule has 1 fully saturated rings. The molecule has 0 saturated carbocycles. The number of hydrogen-bond donors (Lipinski definition) is 1. The van der Waals surface area contributed by atoms with Crippen molar-refractivity contribution in [3.63, 3.8) is 0 Å². The molecule has 19 heavy (non-hydrogen) atoms. The van der Waals surface area contributed by atoms with E-state index < -0.39 is 5.82 Å². The smallest absolute Gasteiger partial charge is 0.255 e. The summed E-state index contributed by atoms with van der Waals surface area (Å²) < 4.78 is 13.1. The molecule has 0 atom stereocenters. The first-order valence-corrected chi connectivity index (χ1v) is 6.53. The topological polar surface area (TPSA) is 62.5 Å². The predicted molar refractivity (Wildman–Crippen MR) is 70.2 cm³/mol. The molecular formula is C13H19FN4O. The van der Waals surface area contributed by atoms with Gasteiger partial charge in [-0.25, -0.2) is 4.39 Å². The van der Waals surface area contributed by atoms with Crippen LogP contribution in [0.3, 0.4) is 0 Å². The van der Waals surface area contributed by atoms with Crippen molar-refractivity contribution in [1.82, 2.24) is 14.8 Å². The van der Waals surface area contributed by atoms with Gasteiger partial charge in [-0.3, -0.25) is 9.78 Å². The molecule has 0 aliphatic carbocycles. The second-order valence-corrected chi connectivity index (χ2v) is 4.67. The fraction of sp³-hybridized carbons (Fsp3) is 0.538. The van der Waals surface area contributed by atoms with Gasteiger partial charge in [0, 0.05) is 38.9 Å². The highest BCUT2D eigenvalue weighted by Gasteiger charge is 2.20. The molecule has 0 spiro atoms. The summed E-state index contributed by atoms with van der Waals surface area (Å²) in [5, 5.41) is 0. The van der Waals surface area contributed by atoms with Crippen LogP contribution in [0.4, 0.5) is 4.39 Å². The Balaban J connectivity index is 2.00. The molecule has 6 heteroatoms. The number of halogens is 1. The largest absolute Gasteiger partial charge is 0.337 e. The van der Waals surface area contributed by atoms with Crippen LogP contribution < -0.4 is 5.73 Å². The molecule has 0 bridgehead atoms. The van der Waals surface area contributed by atoms with E-state index >= 15 is 0 Å². The zero-order valence-corrected chi connectivity index (χ0v) is 10.9. The quantitative estimate of drug-likeness (QED) is 0.856. The number of pyridine rings is 1. The Labute approximate surface area is 112 Å². The molecule has 2 rings (SSSR count). The van der Waals surface area contributed by atoms with Gasteiger partial charge in [-0.1, -0.05) is 0 Å². The minimum Gasteiger partial charge on any atom is -0.337 e. The van der Waals surface area contributed by atoms with E-state index in [2.05, 4.69) is 9.88 Å². The Bertz CT molecular complexity index is 440. The van der Waals surface area contributed by atoms with Gasteiger partial charge in [-0.05, 0) is 19.0 Å². The molecule has 2 heterocycles. The van der Waals surface area contributed by atoms with Crippen LogP contribution in [-0.2, 0) is 0 Å². The highest BCUT2D eigenvalue weighted by molar-refractivity contribution is 5.93. The summed E-state index contributed by atoms with van der Waals surface area (Å²) in [5.74, 6) is -0.632. The van der Waals surface area contributed by atoms with Gasteiger partial charge in [0.1, 0.15) is 5.82 Å². The van der Waals surface area contributed by atoms with Crippen LogP contribution in [0.2, 0.25) is 0 Å². The first kappa shape index (κ1) is 13.9. The molecule has 104 valence electrons. The molecule has 0 aromatic carbocycles. The SMILES string of the molecule is NCCN1CCCN(C(=O)c2cncc(F)c2)CC1. The van der Waals surface area contributed by atoms with Gasteiger partial charge in [0.2, 0.25) is 0 Å². The van der Waals surface area contributed by atoms with E-state index in [4.69, 9.17) is 5.73 Å². The van der Waals surface area contributed by atoms with Crippen LogP contribution in [0, 0.1) is 5.82 Å². The van der Waals surface area contributed by atoms with Gasteiger partial charge in [-0.15, -0.1) is 0 Å². The van der Waals surface area contributed by atoms with Crippen molar-refractivity contribution in [2.24, 2.45) is 5.73 Å². The van der Waals surface area contributed by atoms with Crippen molar-refractivity contribution in [3.8, 4) is 0 Å². The highest BCUT2D eigenvalue weighted by atomic mass is 19.1. The fourth-order valence-electron chi connectivity index (χ4n) is 2.29. The van der Waals surface area contributed by atoms with Crippen molar-refractivity contribution in [3.05, 3.63) is 29.8 Å². The van der Waals surface area contributed by atoms with E-state index in [1.54, 1.807) is 4.90 Å². The lowest BCUT2D eigenvalue weighted by Crippen LogP contribution is -2.36. The van der Waals surface area contributed by atoms with Gasteiger partial charge < -0.3 is 15.5 Å². The van der Waals surface area contributed by atoms with Crippen LogP contribution in [0.25, 0.3) is 0 Å². The summed E-state index contributed by atoms with van der Waals surface area (Å²) in [6.07, 6.45) is 3.42. The van der Waals surface area contributed by atoms with E-state index in [1.807, 2.05) is 0 Å². The first-order valence-electron chi connectivity index (χ1n) is 6.53. The predicted octanol–water partition coefficient (Wildman–Crippen LogP) is 0.327. The summed E-state index contributed by atoms with van der Waals surface area (Å²) in [4.78, 5) is 20.0. The van der Waals surface area contributed by atoms with Crippen molar-refractivity contribution < 1.29 is 9.18 Å². The van der Waals surface area contributed by atoms with Gasteiger partial charge in [-0.2, -0.15) is 0 Å². The normalized spacial score (nSPS) is 17.3. The summed E-state index contributed by atoms with van der Waals surface area (Å²) in [7, 11) is 0. The van der Waals surface area contributed by atoms with Gasteiger partial charge >= 0.3 is 0 Å². The monoisotopic (exact) mass is 266 g/mol. The molecule has 1 saturated heterocycles. The maximum Gasteiger partial charge on any atom is 0.255 e. The molecule has 1 aromatic rings. The van der Waals surface area contributed by atoms with Crippen molar-refractivity contribution >= 4 is 5.91 Å². The second kappa shape index (κ2) is 6.58. The number of rotatable bonds is 3. The summed E-state index contributed by atoms with van der Waals surface area (Å²) >= 11 is 0. The number of carbonyl (C=O) groups is 1. The third-order valence-corrected chi connectivity index (χ3v) is 3.27. The number of nitrogens with two attached hydrogens (primary N) is 1. The number of carbonyl (C=O) groups excluding carboxylic acids is 1. The molecule has 2 N–H and O–H groups in total. The standard InChI is InChI=1S/C13H19FN4O/c14-12-8-11(9-16-10-12)13(19)18-4-1-3-17(5-2-15)6-7-18/h8-10H,1-7,15H2. The number of aromatic nitrogens is 1. The molecule has 1 aliphatic heterocycles. The lowest BCUT2D eigenvalue weighted by atomic mass is 10.2. The average molecular weight is 266 g/mol. The van der Waals surface area contributed by atoms with Crippen LogP contribution in [-0.4, -0.2) is 60.0 Å². The number of hydrogen-bond acceptors (Lipinski definition) is 4. The van der Waals surface area contributed by atoms with E-state index in [1.165, 1.54) is 12.3 Å². The van der Waals surface area contributed by atoms with Gasteiger partial charge in [0.15, 0.2) is 0 Å². The molecule has 0 radical (unpaired) electrons. The fourth-order valence-corrected chi connectivity index (χ4v) is 2.29. The Morgan fingerprint density at radius 1 is 1.32 bits per heavy atom. The minimum absolute atomic E-state index is 0.151. The van der Waals surface area contributed by atoms with Gasteiger partial charge in [0.05, 0.1) is 11.8 Å². The third kappa shape index (κ3) is 3.71. The third-order valence-electron chi connectivity index (χ3n) is 3.27. The minimum atomic E-state index is -0.481.